The summed E-state index contributed by atoms with van der Waals surface area (Å²) in [5, 5.41) is 9.34. The van der Waals surface area contributed by atoms with Crippen molar-refractivity contribution in [2.45, 2.75) is 39.8 Å². The van der Waals surface area contributed by atoms with Crippen LogP contribution < -0.4 is 10.3 Å². The number of hydrogen-bond donors (Lipinski definition) is 1. The maximum atomic E-state index is 12.6. The molecule has 0 aliphatic heterocycles. The van der Waals surface area contributed by atoms with Gasteiger partial charge in [-0.2, -0.15) is 0 Å². The van der Waals surface area contributed by atoms with Gasteiger partial charge < -0.3 is 14.4 Å². The minimum atomic E-state index is -0.239. The topological polar surface area (TPSA) is 51.5 Å². The van der Waals surface area contributed by atoms with Crippen molar-refractivity contribution in [1.29, 1.82) is 0 Å². The summed E-state index contributed by atoms with van der Waals surface area (Å²) in [6, 6.07) is 9.56. The Balaban J connectivity index is 2.67. The van der Waals surface area contributed by atoms with Crippen LogP contribution in [0.1, 0.15) is 37.4 Å². The van der Waals surface area contributed by atoms with Gasteiger partial charge in [0.25, 0.3) is 5.56 Å². The van der Waals surface area contributed by atoms with Crippen molar-refractivity contribution in [3.05, 3.63) is 51.8 Å². The average molecular weight is 301 g/mol. The second kappa shape index (κ2) is 6.79. The maximum Gasteiger partial charge on any atom is 0.256 e. The van der Waals surface area contributed by atoms with Crippen molar-refractivity contribution in [3.63, 3.8) is 0 Å². The number of nitrogens with zero attached hydrogens (tertiary/aromatic N) is 1. The summed E-state index contributed by atoms with van der Waals surface area (Å²) in [5.74, 6) is 0.827. The second-order valence-electron chi connectivity index (χ2n) is 5.52. The second-order valence-corrected chi connectivity index (χ2v) is 5.52. The minimum Gasteiger partial charge on any atom is -0.496 e. The Kier molecular flexibility index (Phi) is 5.03. The van der Waals surface area contributed by atoms with E-state index in [2.05, 4.69) is 0 Å². The summed E-state index contributed by atoms with van der Waals surface area (Å²) in [5.41, 5.74) is 3.16. The SMILES string of the molecule is CCC(C)n1c(-c2ccc(OC)c(C)c2)ccc(CO)c1=O. The van der Waals surface area contributed by atoms with E-state index in [1.165, 1.54) is 0 Å². The van der Waals surface area contributed by atoms with Crippen LogP contribution in [-0.4, -0.2) is 16.8 Å². The van der Waals surface area contributed by atoms with E-state index in [0.29, 0.717) is 5.56 Å². The molecule has 0 amide bonds. The average Bonchev–Trinajstić information content (AvgIpc) is 2.53. The Bertz CT molecular complexity index is 719. The first kappa shape index (κ1) is 16.3. The van der Waals surface area contributed by atoms with Crippen LogP contribution in [0.25, 0.3) is 11.3 Å². The molecule has 2 aromatic rings. The molecule has 1 aromatic carbocycles. The van der Waals surface area contributed by atoms with Gasteiger partial charge >= 0.3 is 0 Å². The van der Waals surface area contributed by atoms with E-state index >= 15 is 0 Å². The largest absolute Gasteiger partial charge is 0.496 e. The molecular weight excluding hydrogens is 278 g/mol. The van der Waals surface area contributed by atoms with E-state index < -0.39 is 0 Å². The first-order valence-corrected chi connectivity index (χ1v) is 7.53. The fourth-order valence-electron chi connectivity index (χ4n) is 2.61. The van der Waals surface area contributed by atoms with Crippen molar-refractivity contribution in [1.82, 2.24) is 4.57 Å². The van der Waals surface area contributed by atoms with Crippen LogP contribution in [0.2, 0.25) is 0 Å². The summed E-state index contributed by atoms with van der Waals surface area (Å²) in [7, 11) is 1.65. The molecule has 1 atom stereocenters. The molecule has 1 N–H and O–H groups in total. The van der Waals surface area contributed by atoms with Gasteiger partial charge in [-0.3, -0.25) is 4.79 Å². The van der Waals surface area contributed by atoms with Gasteiger partial charge in [-0.05, 0) is 61.7 Å². The molecule has 4 heteroatoms. The van der Waals surface area contributed by atoms with Crippen LogP contribution in [0.5, 0.6) is 5.75 Å². The monoisotopic (exact) mass is 301 g/mol. The van der Waals surface area contributed by atoms with Crippen LogP contribution in [0.15, 0.2) is 35.1 Å². The molecule has 1 heterocycles. The molecular formula is C18H23NO3. The highest BCUT2D eigenvalue weighted by molar-refractivity contribution is 5.63. The number of aryl methyl sites for hydroxylation is 1. The number of ether oxygens (including phenoxy) is 1. The highest BCUT2D eigenvalue weighted by Crippen LogP contribution is 2.27. The zero-order chi connectivity index (χ0) is 16.3. The first-order valence-electron chi connectivity index (χ1n) is 7.53. The number of aliphatic hydroxyl groups excluding tert-OH is 1. The molecule has 1 aromatic heterocycles. The van der Waals surface area contributed by atoms with Gasteiger partial charge in [0.05, 0.1) is 19.4 Å². The Labute approximate surface area is 131 Å². The lowest BCUT2D eigenvalue weighted by atomic mass is 10.0. The summed E-state index contributed by atoms with van der Waals surface area (Å²) < 4.78 is 7.06. The molecule has 0 aliphatic carbocycles. The summed E-state index contributed by atoms with van der Waals surface area (Å²) >= 11 is 0. The summed E-state index contributed by atoms with van der Waals surface area (Å²) in [6.07, 6.45) is 0.844. The molecule has 0 aliphatic rings. The standard InChI is InChI=1S/C18H23NO3/c1-5-13(3)19-16(8-6-15(11-20)18(19)21)14-7-9-17(22-4)12(2)10-14/h6-10,13,20H,5,11H2,1-4H3. The fourth-order valence-corrected chi connectivity index (χ4v) is 2.61. The molecule has 0 fully saturated rings. The van der Waals surface area contributed by atoms with Crippen LogP contribution in [0.3, 0.4) is 0 Å². The van der Waals surface area contributed by atoms with E-state index in [1.54, 1.807) is 17.7 Å². The van der Waals surface area contributed by atoms with Crippen molar-refractivity contribution < 1.29 is 9.84 Å². The van der Waals surface area contributed by atoms with Gasteiger partial charge in [0.15, 0.2) is 0 Å². The van der Waals surface area contributed by atoms with Crippen LogP contribution in [0.4, 0.5) is 0 Å². The number of methoxy groups -OCH3 is 1. The lowest BCUT2D eigenvalue weighted by Crippen LogP contribution is -2.27. The number of hydrogen-bond acceptors (Lipinski definition) is 3. The van der Waals surface area contributed by atoms with Gasteiger partial charge in [-0.25, -0.2) is 0 Å². The number of aliphatic hydroxyl groups is 1. The quantitative estimate of drug-likeness (QED) is 0.922. The fraction of sp³-hybridized carbons (Fsp3) is 0.389. The van der Waals surface area contributed by atoms with E-state index in [4.69, 9.17) is 4.74 Å². The number of aromatic nitrogens is 1. The molecule has 0 saturated carbocycles. The van der Waals surface area contributed by atoms with Crippen LogP contribution >= 0.6 is 0 Å². The zero-order valence-electron chi connectivity index (χ0n) is 13.6. The number of rotatable bonds is 5. The Morgan fingerprint density at radius 3 is 2.55 bits per heavy atom. The van der Waals surface area contributed by atoms with Crippen molar-refractivity contribution in [2.75, 3.05) is 7.11 Å². The van der Waals surface area contributed by atoms with Crippen molar-refractivity contribution in [2.24, 2.45) is 0 Å². The maximum absolute atomic E-state index is 12.6. The van der Waals surface area contributed by atoms with E-state index in [0.717, 1.165) is 29.0 Å². The molecule has 2 rings (SSSR count). The Hall–Kier alpha value is -2.07. The third kappa shape index (κ3) is 2.92. The van der Waals surface area contributed by atoms with E-state index in [-0.39, 0.29) is 18.2 Å². The Morgan fingerprint density at radius 2 is 2.00 bits per heavy atom. The van der Waals surface area contributed by atoms with Crippen LogP contribution in [0, 0.1) is 6.92 Å². The first-order chi connectivity index (χ1) is 10.5. The predicted octanol–water partition coefficient (Wildman–Crippen LogP) is 3.30. The van der Waals surface area contributed by atoms with Gasteiger partial charge in [0, 0.05) is 11.6 Å². The Morgan fingerprint density at radius 1 is 1.27 bits per heavy atom. The number of benzene rings is 1. The number of pyridine rings is 1. The van der Waals surface area contributed by atoms with Gasteiger partial charge in [-0.15, -0.1) is 0 Å². The molecule has 0 bridgehead atoms. The van der Waals surface area contributed by atoms with Gasteiger partial charge in [0.1, 0.15) is 5.75 Å². The highest BCUT2D eigenvalue weighted by Gasteiger charge is 2.15. The van der Waals surface area contributed by atoms with Gasteiger partial charge in [-0.1, -0.05) is 6.92 Å². The lowest BCUT2D eigenvalue weighted by Gasteiger charge is -2.20. The molecule has 0 spiro atoms. The molecule has 22 heavy (non-hydrogen) atoms. The normalized spacial score (nSPS) is 12.2. The van der Waals surface area contributed by atoms with E-state index in [1.807, 2.05) is 45.0 Å². The summed E-state index contributed by atoms with van der Waals surface area (Å²) in [6.45, 7) is 5.81. The summed E-state index contributed by atoms with van der Waals surface area (Å²) in [4.78, 5) is 12.6. The molecule has 118 valence electrons. The zero-order valence-corrected chi connectivity index (χ0v) is 13.6. The highest BCUT2D eigenvalue weighted by atomic mass is 16.5. The minimum absolute atomic E-state index is 0.0661. The van der Waals surface area contributed by atoms with Crippen molar-refractivity contribution in [3.8, 4) is 17.0 Å². The van der Waals surface area contributed by atoms with Crippen molar-refractivity contribution >= 4 is 0 Å². The molecule has 0 radical (unpaired) electrons. The molecule has 4 nitrogen and oxygen atoms in total. The lowest BCUT2D eigenvalue weighted by molar-refractivity contribution is 0.278. The molecule has 0 saturated heterocycles. The predicted molar refractivity (Wildman–Crippen MR) is 88.4 cm³/mol. The van der Waals surface area contributed by atoms with E-state index in [9.17, 15) is 9.90 Å². The third-order valence-corrected chi connectivity index (χ3v) is 4.09. The smallest absolute Gasteiger partial charge is 0.256 e. The van der Waals surface area contributed by atoms with Gasteiger partial charge in [0.2, 0.25) is 0 Å². The molecule has 1 unspecified atom stereocenters. The van der Waals surface area contributed by atoms with Crippen LogP contribution in [-0.2, 0) is 6.61 Å². The third-order valence-electron chi connectivity index (χ3n) is 4.09.